The van der Waals surface area contributed by atoms with Crippen molar-refractivity contribution in [2.75, 3.05) is 0 Å². The summed E-state index contributed by atoms with van der Waals surface area (Å²) in [5, 5.41) is 5.95. The Hall–Kier alpha value is -0.720. The van der Waals surface area contributed by atoms with E-state index in [-0.39, 0.29) is 6.04 Å². The number of thiophene rings is 1. The SMILES string of the molecule is CC[C@H](C)[C@H](N)c1nc(-c2cc(Br)cs2)no1. The average molecular weight is 316 g/mol. The monoisotopic (exact) mass is 315 g/mol. The van der Waals surface area contributed by atoms with Crippen LogP contribution in [0.3, 0.4) is 0 Å². The minimum atomic E-state index is -0.190. The molecule has 0 bridgehead atoms. The molecule has 17 heavy (non-hydrogen) atoms. The topological polar surface area (TPSA) is 64.9 Å². The lowest BCUT2D eigenvalue weighted by molar-refractivity contribution is 0.312. The van der Waals surface area contributed by atoms with Gasteiger partial charge in [0.1, 0.15) is 0 Å². The summed E-state index contributed by atoms with van der Waals surface area (Å²) < 4.78 is 6.24. The molecule has 4 nitrogen and oxygen atoms in total. The van der Waals surface area contributed by atoms with Crippen molar-refractivity contribution in [3.05, 3.63) is 21.8 Å². The van der Waals surface area contributed by atoms with Crippen LogP contribution in [0.1, 0.15) is 32.2 Å². The minimum Gasteiger partial charge on any atom is -0.337 e. The molecule has 0 aliphatic rings. The van der Waals surface area contributed by atoms with E-state index >= 15 is 0 Å². The zero-order valence-electron chi connectivity index (χ0n) is 9.68. The van der Waals surface area contributed by atoms with Crippen LogP contribution in [-0.4, -0.2) is 10.1 Å². The van der Waals surface area contributed by atoms with E-state index in [4.69, 9.17) is 10.3 Å². The van der Waals surface area contributed by atoms with Crippen LogP contribution < -0.4 is 5.73 Å². The Morgan fingerprint density at radius 2 is 2.35 bits per heavy atom. The zero-order chi connectivity index (χ0) is 12.4. The normalized spacial score (nSPS) is 14.8. The Kier molecular flexibility index (Phi) is 3.96. The molecule has 0 aliphatic carbocycles. The molecule has 0 saturated heterocycles. The van der Waals surface area contributed by atoms with Gasteiger partial charge in [-0.2, -0.15) is 4.98 Å². The Bertz CT molecular complexity index is 496. The summed E-state index contributed by atoms with van der Waals surface area (Å²) in [6.45, 7) is 4.18. The Balaban J connectivity index is 2.21. The second-order valence-electron chi connectivity index (χ2n) is 4.00. The third kappa shape index (κ3) is 2.75. The summed E-state index contributed by atoms with van der Waals surface area (Å²) in [5.74, 6) is 1.45. The number of hydrogen-bond acceptors (Lipinski definition) is 5. The van der Waals surface area contributed by atoms with Gasteiger partial charge in [-0.1, -0.05) is 25.4 Å². The van der Waals surface area contributed by atoms with Gasteiger partial charge in [-0.3, -0.25) is 0 Å². The average Bonchev–Trinajstić information content (AvgIpc) is 2.95. The van der Waals surface area contributed by atoms with E-state index in [0.29, 0.717) is 17.6 Å². The minimum absolute atomic E-state index is 0.190. The van der Waals surface area contributed by atoms with Gasteiger partial charge in [0, 0.05) is 9.85 Å². The molecule has 2 aromatic rings. The van der Waals surface area contributed by atoms with Gasteiger partial charge in [0.05, 0.1) is 10.9 Å². The van der Waals surface area contributed by atoms with Gasteiger partial charge in [0.25, 0.3) is 0 Å². The largest absolute Gasteiger partial charge is 0.337 e. The number of nitrogens with two attached hydrogens (primary N) is 1. The summed E-state index contributed by atoms with van der Waals surface area (Å²) in [6.07, 6.45) is 0.990. The van der Waals surface area contributed by atoms with E-state index in [9.17, 15) is 0 Å². The van der Waals surface area contributed by atoms with E-state index < -0.39 is 0 Å². The molecule has 0 amide bonds. The summed E-state index contributed by atoms with van der Waals surface area (Å²) in [6, 6.07) is 1.78. The molecule has 92 valence electrons. The Morgan fingerprint density at radius 3 is 2.94 bits per heavy atom. The van der Waals surface area contributed by atoms with E-state index in [1.807, 2.05) is 11.4 Å². The van der Waals surface area contributed by atoms with Crippen LogP contribution >= 0.6 is 27.3 Å². The lowest BCUT2D eigenvalue weighted by atomic mass is 10.0. The molecule has 0 aliphatic heterocycles. The first-order chi connectivity index (χ1) is 8.11. The number of aromatic nitrogens is 2. The van der Waals surface area contributed by atoms with E-state index in [2.05, 4.69) is 39.9 Å². The van der Waals surface area contributed by atoms with Crippen LogP contribution in [0.15, 0.2) is 20.4 Å². The van der Waals surface area contributed by atoms with Crippen LogP contribution in [0.25, 0.3) is 10.7 Å². The molecule has 0 spiro atoms. The van der Waals surface area contributed by atoms with Crippen molar-refractivity contribution in [2.24, 2.45) is 11.7 Å². The molecule has 2 aromatic heterocycles. The fourth-order valence-corrected chi connectivity index (χ4v) is 2.75. The Labute approximate surface area is 112 Å². The standard InChI is InChI=1S/C11H14BrN3OS/c1-3-6(2)9(13)11-14-10(15-16-11)8-4-7(12)5-17-8/h4-6,9H,3,13H2,1-2H3/t6-,9-/m0/s1. The number of rotatable bonds is 4. The third-order valence-electron chi connectivity index (χ3n) is 2.77. The number of hydrogen-bond donors (Lipinski definition) is 1. The van der Waals surface area contributed by atoms with Crippen molar-refractivity contribution < 1.29 is 4.52 Å². The molecular weight excluding hydrogens is 302 g/mol. The molecule has 2 N–H and O–H groups in total. The molecule has 0 fully saturated rings. The molecule has 0 unspecified atom stereocenters. The lowest BCUT2D eigenvalue weighted by Gasteiger charge is -2.12. The maximum absolute atomic E-state index is 6.04. The first-order valence-corrected chi connectivity index (χ1v) is 7.12. The van der Waals surface area contributed by atoms with Gasteiger partial charge >= 0.3 is 0 Å². The van der Waals surface area contributed by atoms with Crippen LogP contribution in [0, 0.1) is 5.92 Å². The molecule has 0 aromatic carbocycles. The highest BCUT2D eigenvalue weighted by Gasteiger charge is 2.20. The van der Waals surface area contributed by atoms with Gasteiger partial charge in [-0.15, -0.1) is 11.3 Å². The van der Waals surface area contributed by atoms with E-state index in [0.717, 1.165) is 15.8 Å². The first kappa shape index (κ1) is 12.7. The third-order valence-corrected chi connectivity index (χ3v) is 4.46. The van der Waals surface area contributed by atoms with Gasteiger partial charge in [-0.25, -0.2) is 0 Å². The quantitative estimate of drug-likeness (QED) is 0.936. The fraction of sp³-hybridized carbons (Fsp3) is 0.455. The van der Waals surface area contributed by atoms with Gasteiger partial charge in [-0.05, 0) is 27.9 Å². The van der Waals surface area contributed by atoms with Crippen molar-refractivity contribution in [1.29, 1.82) is 0 Å². The van der Waals surface area contributed by atoms with Gasteiger partial charge in [0.15, 0.2) is 0 Å². The van der Waals surface area contributed by atoms with Gasteiger partial charge in [0.2, 0.25) is 11.7 Å². The van der Waals surface area contributed by atoms with Crippen molar-refractivity contribution >= 4 is 27.3 Å². The maximum atomic E-state index is 6.04. The van der Waals surface area contributed by atoms with E-state index in [1.165, 1.54) is 0 Å². The number of nitrogens with zero attached hydrogens (tertiary/aromatic N) is 2. The fourth-order valence-electron chi connectivity index (χ4n) is 1.40. The molecular formula is C11H14BrN3OS. The van der Waals surface area contributed by atoms with Crippen molar-refractivity contribution in [2.45, 2.75) is 26.3 Å². The molecule has 2 atom stereocenters. The summed E-state index contributed by atoms with van der Waals surface area (Å²) in [7, 11) is 0. The highest BCUT2D eigenvalue weighted by Crippen LogP contribution is 2.29. The molecule has 2 rings (SSSR count). The molecule has 2 heterocycles. The van der Waals surface area contributed by atoms with Crippen LogP contribution in [0.5, 0.6) is 0 Å². The smallest absolute Gasteiger partial charge is 0.244 e. The van der Waals surface area contributed by atoms with Crippen molar-refractivity contribution in [1.82, 2.24) is 10.1 Å². The van der Waals surface area contributed by atoms with Crippen molar-refractivity contribution in [3.63, 3.8) is 0 Å². The Morgan fingerprint density at radius 1 is 1.59 bits per heavy atom. The van der Waals surface area contributed by atoms with Crippen molar-refractivity contribution in [3.8, 4) is 10.7 Å². The van der Waals surface area contributed by atoms with Crippen LogP contribution in [0.2, 0.25) is 0 Å². The highest BCUT2D eigenvalue weighted by molar-refractivity contribution is 9.10. The maximum Gasteiger partial charge on any atom is 0.244 e. The van der Waals surface area contributed by atoms with Gasteiger partial charge < -0.3 is 10.3 Å². The molecule has 6 heteroatoms. The van der Waals surface area contributed by atoms with Crippen LogP contribution in [-0.2, 0) is 0 Å². The molecule has 0 saturated carbocycles. The zero-order valence-corrected chi connectivity index (χ0v) is 12.1. The summed E-state index contributed by atoms with van der Waals surface area (Å²) in [4.78, 5) is 5.32. The predicted octanol–water partition coefficient (Wildman–Crippen LogP) is 3.61. The van der Waals surface area contributed by atoms with Crippen LogP contribution in [0.4, 0.5) is 0 Å². The summed E-state index contributed by atoms with van der Waals surface area (Å²) >= 11 is 4.97. The number of halogens is 1. The first-order valence-electron chi connectivity index (χ1n) is 5.45. The van der Waals surface area contributed by atoms with E-state index in [1.54, 1.807) is 11.3 Å². The highest BCUT2D eigenvalue weighted by atomic mass is 79.9. The summed E-state index contributed by atoms with van der Waals surface area (Å²) in [5.41, 5.74) is 6.04. The predicted molar refractivity (Wildman–Crippen MR) is 71.7 cm³/mol. The molecule has 0 radical (unpaired) electrons. The second kappa shape index (κ2) is 5.29. The lowest BCUT2D eigenvalue weighted by Crippen LogP contribution is -2.18. The second-order valence-corrected chi connectivity index (χ2v) is 5.82.